The van der Waals surface area contributed by atoms with Gasteiger partial charge in [-0.3, -0.25) is 9.89 Å². The van der Waals surface area contributed by atoms with Gasteiger partial charge in [-0.1, -0.05) is 57.9 Å². The summed E-state index contributed by atoms with van der Waals surface area (Å²) in [6.07, 6.45) is 0. The number of aryl methyl sites for hydroxylation is 1. The van der Waals surface area contributed by atoms with E-state index < -0.39 is 0 Å². The molecule has 3 rings (SSSR count). The summed E-state index contributed by atoms with van der Waals surface area (Å²) in [4.78, 5) is 12.2. The number of hydrazone groups is 1. The highest BCUT2D eigenvalue weighted by Gasteiger charge is 2.10. The number of benzene rings is 2. The fourth-order valence-electron chi connectivity index (χ4n) is 2.26. The Morgan fingerprint density at radius 3 is 2.48 bits per heavy atom. The second-order valence-electron chi connectivity index (χ2n) is 5.68. The maximum atomic E-state index is 12.2. The van der Waals surface area contributed by atoms with Crippen LogP contribution in [0.5, 0.6) is 0 Å². The number of nitrogens with one attached hydrogen (secondary N) is 2. The summed E-state index contributed by atoms with van der Waals surface area (Å²) in [7, 11) is 0. The zero-order chi connectivity index (χ0) is 17.8. The van der Waals surface area contributed by atoms with Gasteiger partial charge in [0, 0.05) is 10.0 Å². The summed E-state index contributed by atoms with van der Waals surface area (Å²) >= 11 is 3.39. The Labute approximate surface area is 154 Å². The van der Waals surface area contributed by atoms with Gasteiger partial charge in [0.05, 0.1) is 11.4 Å². The Hall–Kier alpha value is -2.73. The lowest BCUT2D eigenvalue weighted by Crippen LogP contribution is -2.19. The molecule has 2 N–H and O–H groups in total. The number of amides is 1. The molecule has 5 nitrogen and oxygen atoms in total. The van der Waals surface area contributed by atoms with Crippen LogP contribution < -0.4 is 5.43 Å². The molecule has 6 heteroatoms. The molecule has 2 aromatic carbocycles. The standard InChI is InChI=1S/C19H17BrN4O/c1-12-3-5-15(6-4-12)17-11-18(23-22-17)19(25)24-21-13(2)14-7-9-16(20)10-8-14/h3-11H,1-2H3,(H,22,23)(H,24,25)/b21-13-. The van der Waals surface area contributed by atoms with Crippen molar-refractivity contribution in [2.75, 3.05) is 0 Å². The van der Waals surface area contributed by atoms with E-state index in [1.807, 2.05) is 62.4 Å². The highest BCUT2D eigenvalue weighted by molar-refractivity contribution is 9.10. The second kappa shape index (κ2) is 7.44. The summed E-state index contributed by atoms with van der Waals surface area (Å²) in [6.45, 7) is 3.87. The van der Waals surface area contributed by atoms with Crippen LogP contribution in [-0.4, -0.2) is 21.8 Å². The van der Waals surface area contributed by atoms with Crippen molar-refractivity contribution in [2.45, 2.75) is 13.8 Å². The molecule has 0 atom stereocenters. The van der Waals surface area contributed by atoms with Gasteiger partial charge in [0.2, 0.25) is 0 Å². The molecule has 25 heavy (non-hydrogen) atoms. The minimum Gasteiger partial charge on any atom is -0.272 e. The largest absolute Gasteiger partial charge is 0.289 e. The molecule has 0 fully saturated rings. The molecule has 0 aliphatic heterocycles. The second-order valence-corrected chi connectivity index (χ2v) is 6.59. The molecule has 0 bridgehead atoms. The normalized spacial score (nSPS) is 11.4. The summed E-state index contributed by atoms with van der Waals surface area (Å²) in [6, 6.07) is 17.4. The zero-order valence-corrected chi connectivity index (χ0v) is 15.5. The summed E-state index contributed by atoms with van der Waals surface area (Å²) in [5.41, 5.74) is 7.43. The van der Waals surface area contributed by atoms with E-state index in [0.29, 0.717) is 5.69 Å². The Morgan fingerprint density at radius 1 is 1.12 bits per heavy atom. The predicted molar refractivity (Wildman–Crippen MR) is 103 cm³/mol. The number of aromatic amines is 1. The number of nitrogens with zero attached hydrogens (tertiary/aromatic N) is 2. The van der Waals surface area contributed by atoms with Gasteiger partial charge in [-0.25, -0.2) is 5.43 Å². The molecule has 126 valence electrons. The van der Waals surface area contributed by atoms with E-state index >= 15 is 0 Å². The molecule has 0 spiro atoms. The highest BCUT2D eigenvalue weighted by atomic mass is 79.9. The lowest BCUT2D eigenvalue weighted by atomic mass is 10.1. The highest BCUT2D eigenvalue weighted by Crippen LogP contribution is 2.18. The monoisotopic (exact) mass is 396 g/mol. The van der Waals surface area contributed by atoms with Gasteiger partial charge in [0.25, 0.3) is 5.91 Å². The smallest absolute Gasteiger partial charge is 0.272 e. The molecule has 0 unspecified atom stereocenters. The van der Waals surface area contributed by atoms with E-state index in [1.165, 1.54) is 5.56 Å². The Morgan fingerprint density at radius 2 is 1.80 bits per heavy atom. The van der Waals surface area contributed by atoms with E-state index in [-0.39, 0.29) is 5.91 Å². The van der Waals surface area contributed by atoms with Crippen molar-refractivity contribution >= 4 is 27.5 Å². The van der Waals surface area contributed by atoms with Crippen LogP contribution in [-0.2, 0) is 0 Å². The van der Waals surface area contributed by atoms with Gasteiger partial charge in [0.15, 0.2) is 0 Å². The van der Waals surface area contributed by atoms with Crippen molar-refractivity contribution in [1.29, 1.82) is 0 Å². The first kappa shape index (κ1) is 17.1. The van der Waals surface area contributed by atoms with Crippen LogP contribution in [0.4, 0.5) is 0 Å². The van der Waals surface area contributed by atoms with E-state index in [2.05, 4.69) is 36.7 Å². The lowest BCUT2D eigenvalue weighted by molar-refractivity contribution is 0.0950. The van der Waals surface area contributed by atoms with Crippen LogP contribution >= 0.6 is 15.9 Å². The number of halogens is 1. The minimum absolute atomic E-state index is 0.331. The third-order valence-electron chi connectivity index (χ3n) is 3.76. The van der Waals surface area contributed by atoms with Gasteiger partial charge in [0.1, 0.15) is 5.69 Å². The van der Waals surface area contributed by atoms with Crippen molar-refractivity contribution < 1.29 is 4.79 Å². The van der Waals surface area contributed by atoms with Gasteiger partial charge in [-0.15, -0.1) is 0 Å². The first-order chi connectivity index (χ1) is 12.0. The van der Waals surface area contributed by atoms with Crippen LogP contribution in [0, 0.1) is 6.92 Å². The number of H-pyrrole nitrogens is 1. The van der Waals surface area contributed by atoms with Gasteiger partial charge < -0.3 is 0 Å². The van der Waals surface area contributed by atoms with Gasteiger partial charge in [-0.05, 0) is 37.6 Å². The third-order valence-corrected chi connectivity index (χ3v) is 4.29. The van der Waals surface area contributed by atoms with Crippen LogP contribution in [0.2, 0.25) is 0 Å². The Bertz CT molecular complexity index is 911. The van der Waals surface area contributed by atoms with E-state index in [9.17, 15) is 4.79 Å². The van der Waals surface area contributed by atoms with Crippen LogP contribution in [0.3, 0.4) is 0 Å². The van der Waals surface area contributed by atoms with Gasteiger partial charge >= 0.3 is 0 Å². The number of aromatic nitrogens is 2. The molecular weight excluding hydrogens is 380 g/mol. The van der Waals surface area contributed by atoms with E-state index in [4.69, 9.17) is 0 Å². The fraction of sp³-hybridized carbons (Fsp3) is 0.105. The molecule has 0 saturated carbocycles. The average Bonchev–Trinajstić information content (AvgIpc) is 3.11. The average molecular weight is 397 g/mol. The fourth-order valence-corrected chi connectivity index (χ4v) is 2.53. The van der Waals surface area contributed by atoms with Crippen LogP contribution in [0.1, 0.15) is 28.5 Å². The molecule has 3 aromatic rings. The predicted octanol–water partition coefficient (Wildman–Crippen LogP) is 4.30. The number of carbonyl (C=O) groups is 1. The van der Waals surface area contributed by atoms with Crippen molar-refractivity contribution in [3.63, 3.8) is 0 Å². The lowest BCUT2D eigenvalue weighted by Gasteiger charge is -2.02. The maximum absolute atomic E-state index is 12.2. The number of carbonyl (C=O) groups excluding carboxylic acids is 1. The van der Waals surface area contributed by atoms with Crippen molar-refractivity contribution in [3.05, 3.63) is 75.9 Å². The first-order valence-corrected chi connectivity index (χ1v) is 8.55. The van der Waals surface area contributed by atoms with Crippen LogP contribution in [0.15, 0.2) is 64.2 Å². The quantitative estimate of drug-likeness (QED) is 0.509. The van der Waals surface area contributed by atoms with Crippen molar-refractivity contribution in [2.24, 2.45) is 5.10 Å². The molecule has 1 amide bonds. The van der Waals surface area contributed by atoms with E-state index in [0.717, 1.165) is 27.0 Å². The summed E-state index contributed by atoms with van der Waals surface area (Å²) < 4.78 is 0.995. The van der Waals surface area contributed by atoms with Crippen LogP contribution in [0.25, 0.3) is 11.3 Å². The van der Waals surface area contributed by atoms with Crippen molar-refractivity contribution in [3.8, 4) is 11.3 Å². The summed E-state index contributed by atoms with van der Waals surface area (Å²) in [5, 5.41) is 11.1. The number of rotatable bonds is 4. The Balaban J connectivity index is 1.70. The minimum atomic E-state index is -0.331. The molecule has 1 heterocycles. The molecule has 0 aliphatic rings. The maximum Gasteiger partial charge on any atom is 0.289 e. The molecule has 0 radical (unpaired) electrons. The molecular formula is C19H17BrN4O. The SMILES string of the molecule is C/C(=N/NC(=O)c1cc(-c2ccc(C)cc2)n[nH]1)c1ccc(Br)cc1. The first-order valence-electron chi connectivity index (χ1n) is 7.76. The van der Waals surface area contributed by atoms with E-state index in [1.54, 1.807) is 6.07 Å². The summed E-state index contributed by atoms with van der Waals surface area (Å²) in [5.74, 6) is -0.331. The zero-order valence-electron chi connectivity index (χ0n) is 13.9. The number of hydrogen-bond donors (Lipinski definition) is 2. The third kappa shape index (κ3) is 4.22. The van der Waals surface area contributed by atoms with Crippen molar-refractivity contribution in [1.82, 2.24) is 15.6 Å². The molecule has 0 aliphatic carbocycles. The molecule has 0 saturated heterocycles. The number of hydrogen-bond acceptors (Lipinski definition) is 3. The molecule has 1 aromatic heterocycles. The topological polar surface area (TPSA) is 70.1 Å². The van der Waals surface area contributed by atoms with Gasteiger partial charge in [-0.2, -0.15) is 10.2 Å². The Kier molecular flexibility index (Phi) is 5.09.